The topological polar surface area (TPSA) is 88.6 Å². The van der Waals surface area contributed by atoms with Gasteiger partial charge in [-0.25, -0.2) is 0 Å². The van der Waals surface area contributed by atoms with Crippen molar-refractivity contribution in [3.8, 4) is 11.3 Å². The van der Waals surface area contributed by atoms with E-state index in [1.807, 2.05) is 4.90 Å². The first kappa shape index (κ1) is 19.4. The molecule has 0 aliphatic carbocycles. The van der Waals surface area contributed by atoms with Gasteiger partial charge in [0, 0.05) is 37.1 Å². The summed E-state index contributed by atoms with van der Waals surface area (Å²) < 4.78 is 5.74. The summed E-state index contributed by atoms with van der Waals surface area (Å²) in [6.45, 7) is 2.66. The van der Waals surface area contributed by atoms with Crippen molar-refractivity contribution in [2.45, 2.75) is 32.2 Å². The molecule has 0 atom stereocenters. The van der Waals surface area contributed by atoms with Crippen LogP contribution in [0, 0.1) is 10.1 Å². The fourth-order valence-electron chi connectivity index (χ4n) is 3.18. The molecule has 1 aliphatic rings. The molecule has 2 aromatic rings. The Bertz CT molecular complexity index is 821. The van der Waals surface area contributed by atoms with E-state index >= 15 is 0 Å². The fourth-order valence-corrected chi connectivity index (χ4v) is 3.35. The van der Waals surface area contributed by atoms with Crippen LogP contribution in [-0.2, 0) is 11.3 Å². The number of nitro groups is 1. The van der Waals surface area contributed by atoms with Crippen molar-refractivity contribution in [1.82, 2.24) is 10.2 Å². The molecule has 0 radical (unpaired) electrons. The van der Waals surface area contributed by atoms with Crippen LogP contribution in [0.15, 0.2) is 34.7 Å². The van der Waals surface area contributed by atoms with Gasteiger partial charge in [-0.1, -0.05) is 18.0 Å². The van der Waals surface area contributed by atoms with Crippen molar-refractivity contribution in [2.24, 2.45) is 0 Å². The predicted octanol–water partition coefficient (Wildman–Crippen LogP) is 4.00. The lowest BCUT2D eigenvalue weighted by Gasteiger charge is -2.20. The zero-order valence-corrected chi connectivity index (χ0v) is 15.7. The second kappa shape index (κ2) is 9.01. The van der Waals surface area contributed by atoms with Crippen LogP contribution >= 0.6 is 11.6 Å². The third kappa shape index (κ3) is 5.08. The quantitative estimate of drug-likeness (QED) is 0.437. The van der Waals surface area contributed by atoms with Gasteiger partial charge in [0.15, 0.2) is 0 Å². The number of benzene rings is 1. The Morgan fingerprint density at radius 2 is 2.07 bits per heavy atom. The van der Waals surface area contributed by atoms with Gasteiger partial charge in [0.05, 0.1) is 17.0 Å². The summed E-state index contributed by atoms with van der Waals surface area (Å²) >= 11 is 5.85. The van der Waals surface area contributed by atoms with Crippen molar-refractivity contribution in [1.29, 1.82) is 0 Å². The molecule has 0 spiro atoms. The molecule has 3 rings (SSSR count). The Kier molecular flexibility index (Phi) is 6.47. The van der Waals surface area contributed by atoms with Gasteiger partial charge in [-0.05, 0) is 37.1 Å². The molecule has 1 saturated heterocycles. The zero-order valence-electron chi connectivity index (χ0n) is 14.9. The summed E-state index contributed by atoms with van der Waals surface area (Å²) in [6, 6.07) is 8.00. The molecule has 1 aromatic heterocycles. The highest BCUT2D eigenvalue weighted by atomic mass is 35.5. The van der Waals surface area contributed by atoms with E-state index < -0.39 is 4.92 Å². The van der Waals surface area contributed by atoms with Crippen molar-refractivity contribution in [2.75, 3.05) is 19.6 Å². The molecule has 8 heteroatoms. The SMILES string of the molecule is O=C1CCCCCN1CCNCc1ccc(-c2ccc(Cl)cc2[N+](=O)[O-])o1. The maximum absolute atomic E-state index is 12.0. The molecule has 1 aromatic carbocycles. The Morgan fingerprint density at radius 1 is 1.22 bits per heavy atom. The van der Waals surface area contributed by atoms with Gasteiger partial charge in [-0.3, -0.25) is 14.9 Å². The van der Waals surface area contributed by atoms with Gasteiger partial charge < -0.3 is 14.6 Å². The Hall–Kier alpha value is -2.38. The van der Waals surface area contributed by atoms with Gasteiger partial charge in [-0.2, -0.15) is 0 Å². The number of carbonyl (C=O) groups is 1. The minimum Gasteiger partial charge on any atom is -0.459 e. The largest absolute Gasteiger partial charge is 0.459 e. The maximum Gasteiger partial charge on any atom is 0.281 e. The van der Waals surface area contributed by atoms with Crippen molar-refractivity contribution >= 4 is 23.2 Å². The minimum atomic E-state index is -0.472. The molecule has 144 valence electrons. The molecule has 7 nitrogen and oxygen atoms in total. The number of carbonyl (C=O) groups excluding carboxylic acids is 1. The summed E-state index contributed by atoms with van der Waals surface area (Å²) in [5.41, 5.74) is 0.307. The van der Waals surface area contributed by atoms with Crippen molar-refractivity contribution in [3.05, 3.63) is 51.2 Å². The van der Waals surface area contributed by atoms with Crippen LogP contribution in [0.5, 0.6) is 0 Å². The van der Waals surface area contributed by atoms with Gasteiger partial charge >= 0.3 is 0 Å². The van der Waals surface area contributed by atoms with E-state index in [0.29, 0.717) is 48.2 Å². The van der Waals surface area contributed by atoms with Crippen LogP contribution in [0.25, 0.3) is 11.3 Å². The average molecular weight is 392 g/mol. The molecular formula is C19H22ClN3O4. The standard InChI is InChI=1S/C19H22ClN3O4/c20-14-5-7-16(17(12-14)23(25)26)18-8-6-15(27-18)13-21-9-11-22-10-3-1-2-4-19(22)24/h5-8,12,21H,1-4,9-11,13H2. The van der Waals surface area contributed by atoms with Gasteiger partial charge in [0.1, 0.15) is 11.5 Å². The number of amides is 1. The molecule has 0 bridgehead atoms. The molecule has 1 fully saturated rings. The Labute approximate surface area is 162 Å². The molecule has 2 heterocycles. The van der Waals surface area contributed by atoms with Crippen molar-refractivity contribution < 1.29 is 14.1 Å². The highest BCUT2D eigenvalue weighted by Gasteiger charge is 2.19. The second-order valence-electron chi connectivity index (χ2n) is 6.55. The summed E-state index contributed by atoms with van der Waals surface area (Å²) in [4.78, 5) is 24.6. The first-order chi connectivity index (χ1) is 13.0. The number of hydrogen-bond donors (Lipinski definition) is 1. The number of furan rings is 1. The molecule has 0 unspecified atom stereocenters. The van der Waals surface area contributed by atoms with E-state index in [2.05, 4.69) is 5.32 Å². The van der Waals surface area contributed by atoms with Gasteiger partial charge in [-0.15, -0.1) is 0 Å². The first-order valence-electron chi connectivity index (χ1n) is 9.06. The van der Waals surface area contributed by atoms with Crippen molar-refractivity contribution in [3.63, 3.8) is 0 Å². The number of nitrogens with zero attached hydrogens (tertiary/aromatic N) is 2. The number of nitro benzene ring substituents is 1. The highest BCUT2D eigenvalue weighted by molar-refractivity contribution is 6.30. The van der Waals surface area contributed by atoms with E-state index in [-0.39, 0.29) is 11.6 Å². The molecule has 1 aliphatic heterocycles. The van der Waals surface area contributed by atoms with Crippen LogP contribution in [0.2, 0.25) is 5.02 Å². The van der Waals surface area contributed by atoms with Crippen LogP contribution in [-0.4, -0.2) is 35.4 Å². The molecule has 1 amide bonds. The second-order valence-corrected chi connectivity index (χ2v) is 6.99. The smallest absolute Gasteiger partial charge is 0.281 e. The van der Waals surface area contributed by atoms with Gasteiger partial charge in [0.25, 0.3) is 5.69 Å². The van der Waals surface area contributed by atoms with E-state index in [0.717, 1.165) is 25.8 Å². The third-order valence-corrected chi connectivity index (χ3v) is 4.85. The lowest BCUT2D eigenvalue weighted by Crippen LogP contribution is -2.36. The Balaban J connectivity index is 1.56. The summed E-state index contributed by atoms with van der Waals surface area (Å²) in [6.07, 6.45) is 3.80. The number of nitrogens with one attached hydrogen (secondary N) is 1. The van der Waals surface area contributed by atoms with Crippen LogP contribution in [0.1, 0.15) is 31.4 Å². The molecule has 1 N–H and O–H groups in total. The maximum atomic E-state index is 12.0. The third-order valence-electron chi connectivity index (χ3n) is 4.61. The number of rotatable bonds is 7. The minimum absolute atomic E-state index is 0.0870. The summed E-state index contributed by atoms with van der Waals surface area (Å²) in [7, 11) is 0. The summed E-state index contributed by atoms with van der Waals surface area (Å²) in [5.74, 6) is 1.33. The summed E-state index contributed by atoms with van der Waals surface area (Å²) in [5, 5.41) is 14.8. The molecule has 0 saturated carbocycles. The van der Waals surface area contributed by atoms with Gasteiger partial charge in [0.2, 0.25) is 5.91 Å². The van der Waals surface area contributed by atoms with Crippen LogP contribution in [0.3, 0.4) is 0 Å². The number of likely N-dealkylation sites (tertiary alicyclic amines) is 1. The first-order valence-corrected chi connectivity index (χ1v) is 9.44. The van der Waals surface area contributed by atoms with Crippen LogP contribution in [0.4, 0.5) is 5.69 Å². The van der Waals surface area contributed by atoms with E-state index in [1.165, 1.54) is 6.07 Å². The lowest BCUT2D eigenvalue weighted by atomic mass is 10.1. The monoisotopic (exact) mass is 391 g/mol. The Morgan fingerprint density at radius 3 is 2.89 bits per heavy atom. The van der Waals surface area contributed by atoms with E-state index in [4.69, 9.17) is 16.0 Å². The van der Waals surface area contributed by atoms with E-state index in [9.17, 15) is 14.9 Å². The predicted molar refractivity (Wildman–Crippen MR) is 103 cm³/mol. The number of hydrogen-bond acceptors (Lipinski definition) is 5. The molecular weight excluding hydrogens is 370 g/mol. The lowest BCUT2D eigenvalue weighted by molar-refractivity contribution is -0.384. The average Bonchev–Trinajstić information content (AvgIpc) is 3.01. The number of halogens is 1. The normalized spacial score (nSPS) is 15.0. The van der Waals surface area contributed by atoms with Crippen LogP contribution < -0.4 is 5.32 Å². The van der Waals surface area contributed by atoms with E-state index in [1.54, 1.807) is 24.3 Å². The fraction of sp³-hybridized carbons (Fsp3) is 0.421. The highest BCUT2D eigenvalue weighted by Crippen LogP contribution is 2.33. The zero-order chi connectivity index (χ0) is 19.2. The molecule has 27 heavy (non-hydrogen) atoms.